The first-order valence-electron chi connectivity index (χ1n) is 4.98. The molecule has 1 heterocycles. The molecular weight excluding hydrogens is 223 g/mol. The van der Waals surface area contributed by atoms with E-state index in [2.05, 4.69) is 0 Å². The maximum atomic E-state index is 13.8. The number of benzene rings is 1. The van der Waals surface area contributed by atoms with Crippen molar-refractivity contribution in [2.45, 2.75) is 0 Å². The smallest absolute Gasteiger partial charge is 0.258 e. The van der Waals surface area contributed by atoms with E-state index in [1.54, 1.807) is 29.9 Å². The molecule has 0 aliphatic heterocycles. The van der Waals surface area contributed by atoms with Crippen molar-refractivity contribution in [1.29, 1.82) is 0 Å². The SMILES string of the molecule is C[n+]1ccccc1-c1ccc([N+](=O)[O-])cc1F. The van der Waals surface area contributed by atoms with Crippen LogP contribution in [0.3, 0.4) is 0 Å². The largest absolute Gasteiger partial charge is 0.272 e. The van der Waals surface area contributed by atoms with Crippen LogP contribution in [0, 0.1) is 15.9 Å². The molecule has 0 aliphatic rings. The zero-order valence-electron chi connectivity index (χ0n) is 9.13. The summed E-state index contributed by atoms with van der Waals surface area (Å²) >= 11 is 0. The number of hydrogen-bond acceptors (Lipinski definition) is 2. The highest BCUT2D eigenvalue weighted by Crippen LogP contribution is 2.23. The third-order valence-electron chi connectivity index (χ3n) is 2.49. The average Bonchev–Trinajstić information content (AvgIpc) is 2.30. The van der Waals surface area contributed by atoms with Gasteiger partial charge in [-0.1, -0.05) is 0 Å². The van der Waals surface area contributed by atoms with E-state index >= 15 is 0 Å². The Kier molecular flexibility index (Phi) is 2.82. The molecule has 0 aliphatic carbocycles. The molecule has 0 atom stereocenters. The lowest BCUT2D eigenvalue weighted by molar-refractivity contribution is -0.660. The maximum Gasteiger partial charge on any atom is 0.272 e. The van der Waals surface area contributed by atoms with E-state index in [1.165, 1.54) is 12.1 Å². The molecule has 2 rings (SSSR count). The quantitative estimate of drug-likeness (QED) is 0.453. The minimum absolute atomic E-state index is 0.246. The summed E-state index contributed by atoms with van der Waals surface area (Å²) in [7, 11) is 1.79. The van der Waals surface area contributed by atoms with Crippen molar-refractivity contribution in [2.75, 3.05) is 0 Å². The lowest BCUT2D eigenvalue weighted by Gasteiger charge is -2.01. The zero-order chi connectivity index (χ0) is 12.4. The number of pyridine rings is 1. The van der Waals surface area contributed by atoms with Gasteiger partial charge in [0.1, 0.15) is 12.9 Å². The Balaban J connectivity index is 2.55. The van der Waals surface area contributed by atoms with Crippen molar-refractivity contribution in [3.63, 3.8) is 0 Å². The summed E-state index contributed by atoms with van der Waals surface area (Å²) in [4.78, 5) is 9.89. The van der Waals surface area contributed by atoms with Gasteiger partial charge in [-0.2, -0.15) is 0 Å². The van der Waals surface area contributed by atoms with Crippen molar-refractivity contribution in [1.82, 2.24) is 0 Å². The van der Waals surface area contributed by atoms with Gasteiger partial charge in [-0.05, 0) is 12.1 Å². The van der Waals surface area contributed by atoms with Crippen LogP contribution in [0.25, 0.3) is 11.3 Å². The summed E-state index contributed by atoms with van der Waals surface area (Å²) in [5.41, 5.74) is 0.767. The van der Waals surface area contributed by atoms with E-state index in [9.17, 15) is 14.5 Å². The molecule has 1 aromatic heterocycles. The molecule has 5 heteroatoms. The summed E-state index contributed by atoms with van der Waals surface area (Å²) < 4.78 is 15.5. The van der Waals surface area contributed by atoms with Gasteiger partial charge in [0, 0.05) is 18.2 Å². The van der Waals surface area contributed by atoms with Crippen LogP contribution in [0.1, 0.15) is 0 Å². The Morgan fingerprint density at radius 3 is 2.65 bits per heavy atom. The van der Waals surface area contributed by atoms with E-state index < -0.39 is 10.7 Å². The highest BCUT2D eigenvalue weighted by atomic mass is 19.1. The Morgan fingerprint density at radius 1 is 1.29 bits per heavy atom. The summed E-state index contributed by atoms with van der Waals surface area (Å²) in [6, 6.07) is 9.02. The normalized spacial score (nSPS) is 10.2. The van der Waals surface area contributed by atoms with E-state index in [0.717, 1.165) is 6.07 Å². The number of hydrogen-bond donors (Lipinski definition) is 0. The third kappa shape index (κ3) is 2.13. The first-order valence-corrected chi connectivity index (χ1v) is 4.98. The predicted molar refractivity (Wildman–Crippen MR) is 59.7 cm³/mol. The molecule has 0 radical (unpaired) electrons. The number of nitrogens with zero attached hydrogens (tertiary/aromatic N) is 2. The molecule has 0 unspecified atom stereocenters. The lowest BCUT2D eigenvalue weighted by Crippen LogP contribution is -2.30. The van der Waals surface area contributed by atoms with Gasteiger partial charge in [0.25, 0.3) is 5.69 Å². The second-order valence-corrected chi connectivity index (χ2v) is 3.62. The van der Waals surface area contributed by atoms with Gasteiger partial charge in [0.05, 0.1) is 16.6 Å². The second kappa shape index (κ2) is 4.29. The lowest BCUT2D eigenvalue weighted by atomic mass is 10.1. The molecule has 2 aromatic rings. The molecule has 0 bridgehead atoms. The van der Waals surface area contributed by atoms with Crippen molar-refractivity contribution < 1.29 is 13.9 Å². The van der Waals surface area contributed by atoms with E-state index in [4.69, 9.17) is 0 Å². The zero-order valence-corrected chi connectivity index (χ0v) is 9.13. The number of nitro groups is 1. The topological polar surface area (TPSA) is 47.0 Å². The molecule has 1 aromatic carbocycles. The minimum atomic E-state index is -0.613. The van der Waals surface area contributed by atoms with Crippen LogP contribution in [-0.2, 0) is 7.05 Å². The Bertz CT molecular complexity index is 584. The van der Waals surface area contributed by atoms with Gasteiger partial charge in [0.15, 0.2) is 6.20 Å². The van der Waals surface area contributed by atoms with Gasteiger partial charge in [-0.25, -0.2) is 8.96 Å². The van der Waals surface area contributed by atoms with Gasteiger partial charge in [-0.15, -0.1) is 0 Å². The number of halogens is 1. The molecule has 4 nitrogen and oxygen atoms in total. The summed E-state index contributed by atoms with van der Waals surface area (Å²) in [5, 5.41) is 10.5. The predicted octanol–water partition coefficient (Wildman–Crippen LogP) is 2.23. The fourth-order valence-electron chi connectivity index (χ4n) is 1.63. The summed E-state index contributed by atoms with van der Waals surface area (Å²) in [6.07, 6.45) is 1.79. The number of aryl methyl sites for hydroxylation is 1. The van der Waals surface area contributed by atoms with Crippen LogP contribution in [0.2, 0.25) is 0 Å². The fraction of sp³-hybridized carbons (Fsp3) is 0.0833. The molecule has 86 valence electrons. The maximum absolute atomic E-state index is 13.8. The molecule has 0 fully saturated rings. The highest BCUT2D eigenvalue weighted by molar-refractivity contribution is 5.59. The first kappa shape index (κ1) is 11.2. The number of aromatic nitrogens is 1. The van der Waals surface area contributed by atoms with Crippen LogP contribution in [0.4, 0.5) is 10.1 Å². The molecule has 0 amide bonds. The van der Waals surface area contributed by atoms with Gasteiger partial charge in [-0.3, -0.25) is 10.1 Å². The van der Waals surface area contributed by atoms with Crippen molar-refractivity contribution in [3.05, 3.63) is 58.5 Å². The Morgan fingerprint density at radius 2 is 2.06 bits per heavy atom. The molecule has 0 saturated heterocycles. The van der Waals surface area contributed by atoms with Crippen LogP contribution in [-0.4, -0.2) is 4.92 Å². The van der Waals surface area contributed by atoms with Gasteiger partial charge in [0.2, 0.25) is 5.69 Å². The van der Waals surface area contributed by atoms with Crippen LogP contribution in [0.5, 0.6) is 0 Å². The Hall–Kier alpha value is -2.30. The molecular formula is C12H10FN2O2+. The van der Waals surface area contributed by atoms with E-state index in [-0.39, 0.29) is 5.69 Å². The van der Waals surface area contributed by atoms with E-state index in [0.29, 0.717) is 11.3 Å². The van der Waals surface area contributed by atoms with Crippen LogP contribution in [0.15, 0.2) is 42.6 Å². The molecule has 0 saturated carbocycles. The highest BCUT2D eigenvalue weighted by Gasteiger charge is 2.17. The standard InChI is InChI=1S/C12H10FN2O2/c1-14-7-3-2-4-12(14)10-6-5-9(15(16)17)8-11(10)13/h2-8H,1H3/q+1. The minimum Gasteiger partial charge on any atom is -0.258 e. The molecule has 0 spiro atoms. The van der Waals surface area contributed by atoms with Crippen LogP contribution < -0.4 is 4.57 Å². The van der Waals surface area contributed by atoms with Crippen molar-refractivity contribution in [2.24, 2.45) is 7.05 Å². The molecule has 0 N–H and O–H groups in total. The van der Waals surface area contributed by atoms with Crippen molar-refractivity contribution in [3.8, 4) is 11.3 Å². The van der Waals surface area contributed by atoms with E-state index in [1.807, 2.05) is 6.07 Å². The third-order valence-corrected chi connectivity index (χ3v) is 2.49. The summed E-state index contributed by atoms with van der Waals surface area (Å²) in [5.74, 6) is -0.596. The second-order valence-electron chi connectivity index (χ2n) is 3.62. The fourth-order valence-corrected chi connectivity index (χ4v) is 1.63. The number of rotatable bonds is 2. The first-order chi connectivity index (χ1) is 8.09. The monoisotopic (exact) mass is 233 g/mol. The van der Waals surface area contributed by atoms with Crippen molar-refractivity contribution >= 4 is 5.69 Å². The van der Waals surface area contributed by atoms with Crippen LogP contribution >= 0.6 is 0 Å². The average molecular weight is 233 g/mol. The number of nitro benzene ring substituents is 1. The molecule has 17 heavy (non-hydrogen) atoms. The Labute approximate surface area is 97.1 Å². The van der Waals surface area contributed by atoms with Gasteiger partial charge < -0.3 is 0 Å². The summed E-state index contributed by atoms with van der Waals surface area (Å²) in [6.45, 7) is 0. The van der Waals surface area contributed by atoms with Gasteiger partial charge >= 0.3 is 0 Å². The number of non-ortho nitro benzene ring substituents is 1.